The lowest BCUT2D eigenvalue weighted by molar-refractivity contribution is -0.174. The molecule has 4 aliphatic rings. The first-order chi connectivity index (χ1) is 11.9. The molecule has 136 valence electrons. The number of rotatable bonds is 2. The van der Waals surface area contributed by atoms with E-state index >= 15 is 0 Å². The average molecular weight is 343 g/mol. The van der Waals surface area contributed by atoms with Crippen LogP contribution in [0.3, 0.4) is 0 Å². The van der Waals surface area contributed by atoms with E-state index in [1.807, 2.05) is 6.07 Å². The van der Waals surface area contributed by atoms with Gasteiger partial charge in [-0.25, -0.2) is 0 Å². The van der Waals surface area contributed by atoms with Gasteiger partial charge in [0.15, 0.2) is 11.5 Å². The third kappa shape index (κ3) is 2.07. The van der Waals surface area contributed by atoms with Crippen LogP contribution in [0.2, 0.25) is 0 Å². The number of phenols is 2. The zero-order valence-corrected chi connectivity index (χ0v) is 15.0. The number of fused-ring (bicyclic) bond motifs is 1. The van der Waals surface area contributed by atoms with Gasteiger partial charge >= 0.3 is 0 Å². The summed E-state index contributed by atoms with van der Waals surface area (Å²) >= 11 is 0. The number of hydrogen-bond acceptors (Lipinski definition) is 4. The van der Waals surface area contributed by atoms with Crippen molar-refractivity contribution >= 4 is 0 Å². The fourth-order valence-corrected chi connectivity index (χ4v) is 6.30. The van der Waals surface area contributed by atoms with Crippen LogP contribution in [0.4, 0.5) is 0 Å². The number of phenolic OH excluding ortho intramolecular Hbond substituents is 2. The van der Waals surface area contributed by atoms with E-state index in [1.54, 1.807) is 6.07 Å². The Hall–Kier alpha value is -1.26. The first-order valence-corrected chi connectivity index (χ1v) is 9.95. The highest BCUT2D eigenvalue weighted by atomic mass is 16.3. The number of hydrogen-bond donors (Lipinski definition) is 3. The van der Waals surface area contributed by atoms with Gasteiger partial charge in [-0.05, 0) is 75.0 Å². The summed E-state index contributed by atoms with van der Waals surface area (Å²) < 4.78 is 0. The van der Waals surface area contributed by atoms with Gasteiger partial charge in [0.05, 0.1) is 5.60 Å². The van der Waals surface area contributed by atoms with E-state index in [-0.39, 0.29) is 17.5 Å². The monoisotopic (exact) mass is 343 g/mol. The van der Waals surface area contributed by atoms with Crippen molar-refractivity contribution < 1.29 is 15.3 Å². The summed E-state index contributed by atoms with van der Waals surface area (Å²) in [5.41, 5.74) is 0.778. The molecule has 0 radical (unpaired) electrons. The third-order valence-electron chi connectivity index (χ3n) is 7.69. The summed E-state index contributed by atoms with van der Waals surface area (Å²) in [6.45, 7) is 4.36. The standard InChI is InChI=1S/C21H29NO3/c1-13-6-7-21(25)17-10-15-4-5-16(23)19(24)18(15)20(21,11-13)8-9-22(17)12-14-2-3-14/h4-5,13-14,17,23-25H,2-3,6-12H2,1H3. The maximum atomic E-state index is 12.0. The van der Waals surface area contributed by atoms with Gasteiger partial charge in [-0.2, -0.15) is 0 Å². The van der Waals surface area contributed by atoms with Gasteiger partial charge in [-0.15, -0.1) is 0 Å². The Labute approximate surface area is 149 Å². The smallest absolute Gasteiger partial charge is 0.161 e. The normalized spacial score (nSPS) is 40.4. The highest BCUT2D eigenvalue weighted by molar-refractivity contribution is 5.57. The molecule has 4 atom stereocenters. The molecule has 2 saturated carbocycles. The molecule has 3 aliphatic carbocycles. The molecule has 4 nitrogen and oxygen atoms in total. The Morgan fingerprint density at radius 3 is 2.72 bits per heavy atom. The van der Waals surface area contributed by atoms with Gasteiger partial charge in [-0.3, -0.25) is 4.90 Å². The predicted molar refractivity (Wildman–Crippen MR) is 95.8 cm³/mol. The van der Waals surface area contributed by atoms with E-state index in [1.165, 1.54) is 12.8 Å². The van der Waals surface area contributed by atoms with Crippen molar-refractivity contribution in [3.05, 3.63) is 23.3 Å². The quantitative estimate of drug-likeness (QED) is 0.723. The van der Waals surface area contributed by atoms with Crippen LogP contribution in [0.5, 0.6) is 11.5 Å². The number of aromatic hydroxyl groups is 2. The first-order valence-electron chi connectivity index (χ1n) is 9.95. The number of aliphatic hydroxyl groups is 1. The molecule has 3 fully saturated rings. The molecule has 25 heavy (non-hydrogen) atoms. The van der Waals surface area contributed by atoms with Gasteiger partial charge in [0.25, 0.3) is 0 Å². The Kier molecular flexibility index (Phi) is 3.28. The maximum absolute atomic E-state index is 12.0. The van der Waals surface area contributed by atoms with Crippen molar-refractivity contribution in [2.45, 2.75) is 68.9 Å². The van der Waals surface area contributed by atoms with Crippen LogP contribution in [0, 0.1) is 11.8 Å². The Balaban J connectivity index is 1.68. The lowest BCUT2D eigenvalue weighted by Gasteiger charge is -2.64. The fraction of sp³-hybridized carbons (Fsp3) is 0.714. The topological polar surface area (TPSA) is 63.9 Å². The van der Waals surface area contributed by atoms with Gasteiger partial charge in [0.1, 0.15) is 0 Å². The summed E-state index contributed by atoms with van der Waals surface area (Å²) in [6.07, 6.45) is 7.06. The predicted octanol–water partition coefficient (Wildman–Crippen LogP) is 2.93. The molecule has 3 N–H and O–H groups in total. The maximum Gasteiger partial charge on any atom is 0.161 e. The average Bonchev–Trinajstić information content (AvgIpc) is 3.38. The molecule has 5 rings (SSSR count). The zero-order valence-electron chi connectivity index (χ0n) is 15.0. The number of likely N-dealkylation sites (tertiary alicyclic amines) is 1. The van der Waals surface area contributed by atoms with Crippen molar-refractivity contribution in [2.75, 3.05) is 13.1 Å². The van der Waals surface area contributed by atoms with Gasteiger partial charge in [0.2, 0.25) is 0 Å². The van der Waals surface area contributed by atoms with Crippen LogP contribution in [-0.2, 0) is 11.8 Å². The van der Waals surface area contributed by atoms with Crippen LogP contribution < -0.4 is 0 Å². The SMILES string of the molecule is CC1CCC2(O)C3Cc4ccc(O)c(O)c4C2(CCN3CC2CC2)C1. The molecule has 1 aromatic rings. The highest BCUT2D eigenvalue weighted by Gasteiger charge is 2.65. The minimum absolute atomic E-state index is 0.0131. The minimum Gasteiger partial charge on any atom is -0.504 e. The molecular formula is C21H29NO3. The molecule has 4 heteroatoms. The minimum atomic E-state index is -0.787. The Bertz CT molecular complexity index is 715. The zero-order chi connectivity index (χ0) is 17.4. The highest BCUT2D eigenvalue weighted by Crippen LogP contribution is 2.62. The molecular weight excluding hydrogens is 314 g/mol. The van der Waals surface area contributed by atoms with E-state index in [9.17, 15) is 15.3 Å². The molecule has 0 amide bonds. The Morgan fingerprint density at radius 1 is 1.16 bits per heavy atom. The summed E-state index contributed by atoms with van der Waals surface area (Å²) in [7, 11) is 0. The first kappa shape index (κ1) is 16.0. The molecule has 2 bridgehead atoms. The largest absolute Gasteiger partial charge is 0.504 e. The summed E-state index contributed by atoms with van der Waals surface area (Å²) in [6, 6.07) is 3.73. The molecule has 4 unspecified atom stereocenters. The third-order valence-corrected chi connectivity index (χ3v) is 7.69. The van der Waals surface area contributed by atoms with Crippen molar-refractivity contribution in [2.24, 2.45) is 11.8 Å². The molecule has 1 aliphatic heterocycles. The van der Waals surface area contributed by atoms with Crippen LogP contribution in [0.1, 0.15) is 56.6 Å². The van der Waals surface area contributed by atoms with Crippen molar-refractivity contribution in [3.8, 4) is 11.5 Å². The lowest BCUT2D eigenvalue weighted by atomic mass is 9.48. The van der Waals surface area contributed by atoms with E-state index < -0.39 is 11.0 Å². The second-order valence-electron chi connectivity index (χ2n) is 9.23. The second kappa shape index (κ2) is 5.14. The van der Waals surface area contributed by atoms with E-state index in [4.69, 9.17) is 0 Å². The molecule has 1 heterocycles. The lowest BCUT2D eigenvalue weighted by Crippen LogP contribution is -2.73. The molecule has 0 spiro atoms. The van der Waals surface area contributed by atoms with E-state index in [2.05, 4.69) is 11.8 Å². The van der Waals surface area contributed by atoms with Crippen LogP contribution >= 0.6 is 0 Å². The number of nitrogens with zero attached hydrogens (tertiary/aromatic N) is 1. The van der Waals surface area contributed by atoms with Crippen LogP contribution in [-0.4, -0.2) is 45.0 Å². The number of piperidine rings is 1. The van der Waals surface area contributed by atoms with Gasteiger partial charge in [-0.1, -0.05) is 13.0 Å². The van der Waals surface area contributed by atoms with Gasteiger partial charge < -0.3 is 15.3 Å². The molecule has 0 aromatic heterocycles. The molecule has 1 saturated heterocycles. The Morgan fingerprint density at radius 2 is 1.96 bits per heavy atom. The summed E-state index contributed by atoms with van der Waals surface area (Å²) in [4.78, 5) is 2.54. The second-order valence-corrected chi connectivity index (χ2v) is 9.23. The fourth-order valence-electron chi connectivity index (χ4n) is 6.30. The summed E-state index contributed by atoms with van der Waals surface area (Å²) in [5, 5.41) is 32.9. The van der Waals surface area contributed by atoms with E-state index in [0.29, 0.717) is 5.92 Å². The van der Waals surface area contributed by atoms with Crippen LogP contribution in [0.25, 0.3) is 0 Å². The molecule has 1 aromatic carbocycles. The van der Waals surface area contributed by atoms with Gasteiger partial charge in [0, 0.05) is 23.6 Å². The number of benzene rings is 1. The van der Waals surface area contributed by atoms with Crippen molar-refractivity contribution in [1.82, 2.24) is 4.90 Å². The summed E-state index contributed by atoms with van der Waals surface area (Å²) in [5.74, 6) is 1.31. The van der Waals surface area contributed by atoms with Crippen LogP contribution in [0.15, 0.2) is 12.1 Å². The van der Waals surface area contributed by atoms with Crippen molar-refractivity contribution in [1.29, 1.82) is 0 Å². The van der Waals surface area contributed by atoms with E-state index in [0.717, 1.165) is 62.2 Å². The van der Waals surface area contributed by atoms with Crippen molar-refractivity contribution in [3.63, 3.8) is 0 Å².